The van der Waals surface area contributed by atoms with E-state index in [0.29, 0.717) is 5.92 Å². The van der Waals surface area contributed by atoms with E-state index in [9.17, 15) is 4.79 Å². The summed E-state index contributed by atoms with van der Waals surface area (Å²) in [6.07, 6.45) is 3.38. The minimum Gasteiger partial charge on any atom is -0.358 e. The summed E-state index contributed by atoms with van der Waals surface area (Å²) in [4.78, 5) is 14.5. The molecule has 3 nitrogen and oxygen atoms in total. The lowest BCUT2D eigenvalue weighted by molar-refractivity contribution is -0.118. The fourth-order valence-electron chi connectivity index (χ4n) is 3.15. The van der Waals surface area contributed by atoms with Crippen LogP contribution in [0.3, 0.4) is 0 Å². The molecule has 0 saturated carbocycles. The van der Waals surface area contributed by atoms with E-state index >= 15 is 0 Å². The van der Waals surface area contributed by atoms with Crippen LogP contribution in [0.5, 0.6) is 0 Å². The van der Waals surface area contributed by atoms with Gasteiger partial charge in [-0.2, -0.15) is 0 Å². The quantitative estimate of drug-likeness (QED) is 0.823. The second kappa shape index (κ2) is 4.30. The zero-order valence-corrected chi connectivity index (χ0v) is 11.1. The van der Waals surface area contributed by atoms with Crippen LogP contribution >= 0.6 is 0 Å². The first-order valence-electron chi connectivity index (χ1n) is 6.87. The van der Waals surface area contributed by atoms with Gasteiger partial charge in [-0.05, 0) is 43.4 Å². The monoisotopic (exact) mass is 244 g/mol. The molecule has 0 spiro atoms. The number of fused-ring (bicyclic) bond motifs is 3. The van der Waals surface area contributed by atoms with Gasteiger partial charge in [-0.15, -0.1) is 0 Å². The summed E-state index contributed by atoms with van der Waals surface area (Å²) in [5.41, 5.74) is 3.42. The predicted octanol–water partition coefficient (Wildman–Crippen LogP) is 2.94. The molecule has 1 saturated heterocycles. The molecule has 2 aliphatic rings. The van der Waals surface area contributed by atoms with Gasteiger partial charge in [0.1, 0.15) is 6.04 Å². The van der Waals surface area contributed by atoms with Crippen LogP contribution < -0.4 is 10.2 Å². The Morgan fingerprint density at radius 3 is 3.06 bits per heavy atom. The van der Waals surface area contributed by atoms with Crippen molar-refractivity contribution in [1.82, 2.24) is 0 Å². The Kier molecular flexibility index (Phi) is 2.77. The average Bonchev–Trinajstić information content (AvgIpc) is 2.39. The number of nitrogens with one attached hydrogen (secondary N) is 1. The lowest BCUT2D eigenvalue weighted by Crippen LogP contribution is -2.52. The normalized spacial score (nSPS) is 26.3. The Morgan fingerprint density at radius 1 is 1.44 bits per heavy atom. The van der Waals surface area contributed by atoms with E-state index in [0.717, 1.165) is 18.7 Å². The number of aryl methyl sites for hydroxylation is 1. The molecule has 1 fully saturated rings. The first-order chi connectivity index (χ1) is 8.69. The van der Waals surface area contributed by atoms with Crippen molar-refractivity contribution in [3.8, 4) is 0 Å². The highest BCUT2D eigenvalue weighted by Crippen LogP contribution is 2.38. The molecule has 18 heavy (non-hydrogen) atoms. The molecule has 2 aliphatic heterocycles. The molecular weight excluding hydrogens is 224 g/mol. The molecule has 2 unspecified atom stereocenters. The van der Waals surface area contributed by atoms with Gasteiger partial charge < -0.3 is 10.2 Å². The minimum absolute atomic E-state index is 0.0398. The standard InChI is InChI=1S/C15H20N2O/c1-3-11-6-7-17-13-8-10(2)4-5-12(13)16-15(18)14(17)9-11/h4-5,8,11,14H,3,6-7,9H2,1-2H3,(H,16,18). The van der Waals surface area contributed by atoms with Crippen molar-refractivity contribution >= 4 is 17.3 Å². The number of hydrogen-bond donors (Lipinski definition) is 1. The van der Waals surface area contributed by atoms with Crippen molar-refractivity contribution in [2.75, 3.05) is 16.8 Å². The van der Waals surface area contributed by atoms with Gasteiger partial charge in [-0.3, -0.25) is 4.79 Å². The lowest BCUT2D eigenvalue weighted by Gasteiger charge is -2.43. The summed E-state index contributed by atoms with van der Waals surface area (Å²) >= 11 is 0. The zero-order valence-electron chi connectivity index (χ0n) is 11.1. The molecule has 2 heterocycles. The fourth-order valence-corrected chi connectivity index (χ4v) is 3.15. The van der Waals surface area contributed by atoms with E-state index in [1.165, 1.54) is 24.1 Å². The molecule has 3 rings (SSSR count). The van der Waals surface area contributed by atoms with Gasteiger partial charge in [0.05, 0.1) is 11.4 Å². The molecule has 1 amide bonds. The highest BCUT2D eigenvalue weighted by Gasteiger charge is 2.37. The first kappa shape index (κ1) is 11.6. The molecule has 0 bridgehead atoms. The third kappa shape index (κ3) is 1.78. The van der Waals surface area contributed by atoms with Gasteiger partial charge in [-0.25, -0.2) is 0 Å². The van der Waals surface area contributed by atoms with Gasteiger partial charge >= 0.3 is 0 Å². The summed E-state index contributed by atoms with van der Waals surface area (Å²) in [6, 6.07) is 6.30. The van der Waals surface area contributed by atoms with Crippen LogP contribution in [0.1, 0.15) is 31.7 Å². The van der Waals surface area contributed by atoms with E-state index in [-0.39, 0.29) is 11.9 Å². The topological polar surface area (TPSA) is 32.3 Å². The van der Waals surface area contributed by atoms with Crippen LogP contribution in [-0.4, -0.2) is 18.5 Å². The van der Waals surface area contributed by atoms with E-state index in [2.05, 4.69) is 36.2 Å². The third-order valence-corrected chi connectivity index (χ3v) is 4.31. The van der Waals surface area contributed by atoms with E-state index in [1.54, 1.807) is 0 Å². The molecule has 3 heteroatoms. The lowest BCUT2D eigenvalue weighted by atomic mass is 9.87. The SMILES string of the molecule is CCC1CCN2c3cc(C)ccc3NC(=O)C2C1. The Morgan fingerprint density at radius 2 is 2.28 bits per heavy atom. The fraction of sp³-hybridized carbons (Fsp3) is 0.533. The maximum absolute atomic E-state index is 12.2. The highest BCUT2D eigenvalue weighted by atomic mass is 16.2. The van der Waals surface area contributed by atoms with Crippen LogP contribution in [0.2, 0.25) is 0 Å². The number of hydrogen-bond acceptors (Lipinski definition) is 2. The van der Waals surface area contributed by atoms with Crippen LogP contribution in [0.15, 0.2) is 18.2 Å². The Bertz CT molecular complexity index is 483. The van der Waals surface area contributed by atoms with Gasteiger partial charge in [0.25, 0.3) is 0 Å². The van der Waals surface area contributed by atoms with Crippen molar-refractivity contribution in [2.45, 2.75) is 39.2 Å². The number of piperidine rings is 1. The Hall–Kier alpha value is -1.51. The molecule has 0 aliphatic carbocycles. The van der Waals surface area contributed by atoms with Crippen LogP contribution in [-0.2, 0) is 4.79 Å². The summed E-state index contributed by atoms with van der Waals surface area (Å²) < 4.78 is 0. The van der Waals surface area contributed by atoms with Crippen molar-refractivity contribution < 1.29 is 4.79 Å². The summed E-state index contributed by atoms with van der Waals surface area (Å²) in [6.45, 7) is 5.33. The Balaban J connectivity index is 1.97. The number of carbonyl (C=O) groups excluding carboxylic acids is 1. The number of benzene rings is 1. The maximum Gasteiger partial charge on any atom is 0.247 e. The smallest absolute Gasteiger partial charge is 0.247 e. The summed E-state index contributed by atoms with van der Waals surface area (Å²) in [5, 5.41) is 3.05. The second-order valence-corrected chi connectivity index (χ2v) is 5.52. The molecule has 1 N–H and O–H groups in total. The molecule has 0 radical (unpaired) electrons. The summed E-state index contributed by atoms with van der Waals surface area (Å²) in [5.74, 6) is 0.868. The van der Waals surface area contributed by atoms with Crippen molar-refractivity contribution in [3.05, 3.63) is 23.8 Å². The van der Waals surface area contributed by atoms with E-state index in [1.807, 2.05) is 6.07 Å². The van der Waals surface area contributed by atoms with Crippen molar-refractivity contribution in [1.29, 1.82) is 0 Å². The van der Waals surface area contributed by atoms with Gasteiger partial charge in [0.15, 0.2) is 0 Å². The largest absolute Gasteiger partial charge is 0.358 e. The number of carbonyl (C=O) groups is 1. The second-order valence-electron chi connectivity index (χ2n) is 5.52. The van der Waals surface area contributed by atoms with Crippen molar-refractivity contribution in [2.24, 2.45) is 5.92 Å². The van der Waals surface area contributed by atoms with Crippen LogP contribution in [0, 0.1) is 12.8 Å². The van der Waals surface area contributed by atoms with Gasteiger partial charge in [0.2, 0.25) is 5.91 Å². The number of nitrogens with zero attached hydrogens (tertiary/aromatic N) is 1. The van der Waals surface area contributed by atoms with Crippen LogP contribution in [0.4, 0.5) is 11.4 Å². The molecule has 1 aromatic rings. The van der Waals surface area contributed by atoms with Gasteiger partial charge in [-0.1, -0.05) is 19.4 Å². The average molecular weight is 244 g/mol. The zero-order chi connectivity index (χ0) is 12.7. The van der Waals surface area contributed by atoms with E-state index < -0.39 is 0 Å². The number of amides is 1. The maximum atomic E-state index is 12.2. The van der Waals surface area contributed by atoms with Gasteiger partial charge in [0, 0.05) is 6.54 Å². The molecule has 2 atom stereocenters. The third-order valence-electron chi connectivity index (χ3n) is 4.31. The predicted molar refractivity (Wildman–Crippen MR) is 74.0 cm³/mol. The number of anilines is 2. The molecule has 0 aromatic heterocycles. The highest BCUT2D eigenvalue weighted by molar-refractivity contribution is 6.03. The molecule has 1 aromatic carbocycles. The van der Waals surface area contributed by atoms with Crippen molar-refractivity contribution in [3.63, 3.8) is 0 Å². The molecular formula is C15H20N2O. The van der Waals surface area contributed by atoms with E-state index in [4.69, 9.17) is 0 Å². The Labute approximate surface area is 108 Å². The first-order valence-corrected chi connectivity index (χ1v) is 6.87. The molecule has 96 valence electrons. The minimum atomic E-state index is 0.0398. The summed E-state index contributed by atoms with van der Waals surface area (Å²) in [7, 11) is 0. The van der Waals surface area contributed by atoms with Crippen LogP contribution in [0.25, 0.3) is 0 Å². The number of rotatable bonds is 1.